The summed E-state index contributed by atoms with van der Waals surface area (Å²) in [7, 11) is 0. The Bertz CT molecular complexity index is 1490. The third kappa shape index (κ3) is 7.71. The lowest BCUT2D eigenvalue weighted by molar-refractivity contribution is -0.128. The molecule has 0 unspecified atom stereocenters. The van der Waals surface area contributed by atoms with E-state index in [0.29, 0.717) is 29.2 Å². The minimum atomic E-state index is -0.561. The average molecular weight is 541 g/mol. The van der Waals surface area contributed by atoms with E-state index in [1.165, 1.54) is 30.3 Å². The van der Waals surface area contributed by atoms with Crippen LogP contribution in [0.4, 0.5) is 0 Å². The quantitative estimate of drug-likeness (QED) is 0.0901. The standard InChI is InChI=1S/C33H32O7/c1-23-22-27(39-33(37)25-10-14-26(35)15-11-25)16-18-30(23)40-32(36)19-13-24-12-17-31(29-9-5-4-8-28(24)29)38-21-7-3-2-6-20-34/h4-5,8-19,22,34-35H,2-3,6-7,20-21H2,1H3/b19-13+. The molecular weight excluding hydrogens is 508 g/mol. The van der Waals surface area contributed by atoms with Crippen molar-refractivity contribution >= 4 is 28.8 Å². The van der Waals surface area contributed by atoms with Crippen LogP contribution in [0.2, 0.25) is 0 Å². The van der Waals surface area contributed by atoms with Gasteiger partial charge in [0.1, 0.15) is 23.0 Å². The lowest BCUT2D eigenvalue weighted by Gasteiger charge is -2.11. The van der Waals surface area contributed by atoms with Crippen molar-refractivity contribution < 1.29 is 34.0 Å². The van der Waals surface area contributed by atoms with Gasteiger partial charge in [-0.2, -0.15) is 0 Å². The number of hydrogen-bond acceptors (Lipinski definition) is 7. The summed E-state index contributed by atoms with van der Waals surface area (Å²) in [5.74, 6) is 0.415. The molecular formula is C33H32O7. The van der Waals surface area contributed by atoms with Crippen LogP contribution in [-0.2, 0) is 4.79 Å². The van der Waals surface area contributed by atoms with Crippen molar-refractivity contribution in [2.75, 3.05) is 13.2 Å². The maximum atomic E-state index is 12.6. The van der Waals surface area contributed by atoms with Gasteiger partial charge in [-0.05, 0) is 97.3 Å². The van der Waals surface area contributed by atoms with Crippen molar-refractivity contribution in [2.24, 2.45) is 0 Å². The lowest BCUT2D eigenvalue weighted by atomic mass is 10.0. The smallest absolute Gasteiger partial charge is 0.343 e. The molecule has 0 atom stereocenters. The zero-order chi connectivity index (χ0) is 28.3. The topological polar surface area (TPSA) is 102 Å². The van der Waals surface area contributed by atoms with Gasteiger partial charge in [0.05, 0.1) is 12.2 Å². The molecule has 0 heterocycles. The largest absolute Gasteiger partial charge is 0.508 e. The molecule has 4 aromatic rings. The first-order chi connectivity index (χ1) is 19.4. The van der Waals surface area contributed by atoms with E-state index in [9.17, 15) is 14.7 Å². The number of ether oxygens (including phenoxy) is 3. The van der Waals surface area contributed by atoms with Crippen molar-refractivity contribution in [3.05, 3.63) is 102 Å². The molecule has 40 heavy (non-hydrogen) atoms. The normalized spacial score (nSPS) is 11.1. The van der Waals surface area contributed by atoms with Crippen molar-refractivity contribution in [2.45, 2.75) is 32.6 Å². The molecule has 0 aliphatic heterocycles. The molecule has 7 heteroatoms. The molecule has 4 rings (SSSR count). The molecule has 0 saturated carbocycles. The van der Waals surface area contributed by atoms with E-state index in [-0.39, 0.29) is 12.4 Å². The second-order valence-electron chi connectivity index (χ2n) is 9.30. The van der Waals surface area contributed by atoms with Crippen LogP contribution in [0.5, 0.6) is 23.0 Å². The fourth-order valence-electron chi connectivity index (χ4n) is 4.18. The third-order valence-corrected chi connectivity index (χ3v) is 6.30. The van der Waals surface area contributed by atoms with Gasteiger partial charge in [-0.1, -0.05) is 36.8 Å². The summed E-state index contributed by atoms with van der Waals surface area (Å²) in [5, 5.41) is 20.2. The lowest BCUT2D eigenvalue weighted by Crippen LogP contribution is -2.09. The fourth-order valence-corrected chi connectivity index (χ4v) is 4.18. The fraction of sp³-hybridized carbons (Fsp3) is 0.212. The predicted octanol–water partition coefficient (Wildman–Crippen LogP) is 6.62. The summed E-state index contributed by atoms with van der Waals surface area (Å²) in [4.78, 5) is 24.9. The Labute approximate surface area is 233 Å². The SMILES string of the molecule is Cc1cc(OC(=O)c2ccc(O)cc2)ccc1OC(=O)/C=C/c1ccc(OCCCCCCO)c2ccccc12. The Hall–Kier alpha value is -4.62. The molecule has 0 radical (unpaired) electrons. The maximum Gasteiger partial charge on any atom is 0.343 e. The van der Waals surface area contributed by atoms with Gasteiger partial charge in [-0.3, -0.25) is 0 Å². The number of phenolic OH excluding ortho intramolecular Hbond substituents is 1. The van der Waals surface area contributed by atoms with Gasteiger partial charge in [0, 0.05) is 18.1 Å². The van der Waals surface area contributed by atoms with E-state index in [0.717, 1.165) is 47.8 Å². The van der Waals surface area contributed by atoms with Gasteiger partial charge in [0.25, 0.3) is 0 Å². The maximum absolute atomic E-state index is 12.6. The van der Waals surface area contributed by atoms with E-state index in [2.05, 4.69) is 0 Å². The molecule has 7 nitrogen and oxygen atoms in total. The first-order valence-electron chi connectivity index (χ1n) is 13.2. The van der Waals surface area contributed by atoms with Crippen LogP contribution in [0.3, 0.4) is 0 Å². The Kier molecular flexibility index (Phi) is 9.91. The second kappa shape index (κ2) is 14.0. The highest BCUT2D eigenvalue weighted by Gasteiger charge is 2.12. The van der Waals surface area contributed by atoms with Crippen molar-refractivity contribution in [3.8, 4) is 23.0 Å². The monoisotopic (exact) mass is 540 g/mol. The minimum absolute atomic E-state index is 0.0592. The van der Waals surface area contributed by atoms with E-state index in [1.54, 1.807) is 31.2 Å². The minimum Gasteiger partial charge on any atom is -0.508 e. The van der Waals surface area contributed by atoms with Crippen molar-refractivity contribution in [1.29, 1.82) is 0 Å². The van der Waals surface area contributed by atoms with Gasteiger partial charge in [0.2, 0.25) is 0 Å². The summed E-state index contributed by atoms with van der Waals surface area (Å²) in [6.45, 7) is 2.58. The van der Waals surface area contributed by atoms with Crippen LogP contribution < -0.4 is 14.2 Å². The summed E-state index contributed by atoms with van der Waals surface area (Å²) in [6.07, 6.45) is 6.82. The first-order valence-corrected chi connectivity index (χ1v) is 13.2. The molecule has 0 spiro atoms. The number of benzene rings is 4. The summed E-state index contributed by atoms with van der Waals surface area (Å²) < 4.78 is 16.9. The number of carbonyl (C=O) groups is 2. The van der Waals surface area contributed by atoms with Gasteiger partial charge >= 0.3 is 11.9 Å². The van der Waals surface area contributed by atoms with Gasteiger partial charge in [-0.25, -0.2) is 9.59 Å². The van der Waals surface area contributed by atoms with E-state index < -0.39 is 11.9 Å². The molecule has 0 aliphatic rings. The number of unbranched alkanes of at least 4 members (excludes halogenated alkanes) is 3. The number of aryl methyl sites for hydroxylation is 1. The average Bonchev–Trinajstić information content (AvgIpc) is 2.96. The highest BCUT2D eigenvalue weighted by molar-refractivity contribution is 5.98. The molecule has 0 amide bonds. The van der Waals surface area contributed by atoms with E-state index in [4.69, 9.17) is 19.3 Å². The Balaban J connectivity index is 1.38. The third-order valence-electron chi connectivity index (χ3n) is 6.30. The summed E-state index contributed by atoms with van der Waals surface area (Å²) >= 11 is 0. The second-order valence-corrected chi connectivity index (χ2v) is 9.30. The van der Waals surface area contributed by atoms with Gasteiger partial charge < -0.3 is 24.4 Å². The molecule has 0 aliphatic carbocycles. The van der Waals surface area contributed by atoms with Crippen LogP contribution in [0.25, 0.3) is 16.8 Å². The molecule has 4 aromatic carbocycles. The Morgan fingerprint density at radius 3 is 2.27 bits per heavy atom. The number of aliphatic hydroxyl groups is 1. The van der Waals surface area contributed by atoms with Gasteiger partial charge in [0.15, 0.2) is 0 Å². The van der Waals surface area contributed by atoms with Crippen LogP contribution in [0.15, 0.2) is 84.9 Å². The number of rotatable bonds is 12. The number of esters is 2. The Morgan fingerprint density at radius 1 is 0.800 bits per heavy atom. The van der Waals surface area contributed by atoms with Crippen molar-refractivity contribution in [3.63, 3.8) is 0 Å². The molecule has 0 fully saturated rings. The highest BCUT2D eigenvalue weighted by atomic mass is 16.5. The predicted molar refractivity (Wildman–Crippen MR) is 154 cm³/mol. The summed E-state index contributed by atoms with van der Waals surface area (Å²) in [5.41, 5.74) is 1.79. The number of aliphatic hydroxyl groups excluding tert-OH is 1. The van der Waals surface area contributed by atoms with E-state index >= 15 is 0 Å². The van der Waals surface area contributed by atoms with Crippen LogP contribution in [0, 0.1) is 6.92 Å². The van der Waals surface area contributed by atoms with Crippen LogP contribution in [-0.4, -0.2) is 35.4 Å². The number of hydrogen-bond donors (Lipinski definition) is 2. The first kappa shape index (κ1) is 28.4. The molecule has 206 valence electrons. The van der Waals surface area contributed by atoms with E-state index in [1.807, 2.05) is 36.4 Å². The highest BCUT2D eigenvalue weighted by Crippen LogP contribution is 2.30. The zero-order valence-electron chi connectivity index (χ0n) is 22.3. The molecule has 0 saturated heterocycles. The molecule has 0 bridgehead atoms. The van der Waals surface area contributed by atoms with Crippen LogP contribution in [0.1, 0.15) is 47.2 Å². The Morgan fingerprint density at radius 2 is 1.52 bits per heavy atom. The molecule has 2 N–H and O–H groups in total. The molecule has 0 aromatic heterocycles. The number of aromatic hydroxyl groups is 1. The number of carbonyl (C=O) groups excluding carboxylic acids is 2. The van der Waals surface area contributed by atoms with Crippen molar-refractivity contribution in [1.82, 2.24) is 0 Å². The number of fused-ring (bicyclic) bond motifs is 1. The summed E-state index contributed by atoms with van der Waals surface area (Å²) in [6, 6.07) is 22.2. The number of phenols is 1. The van der Waals surface area contributed by atoms with Gasteiger partial charge in [-0.15, -0.1) is 0 Å². The zero-order valence-corrected chi connectivity index (χ0v) is 22.3. The van der Waals surface area contributed by atoms with Crippen LogP contribution >= 0.6 is 0 Å².